The number of nitrogens with zero attached hydrogens (tertiary/aromatic N) is 1. The van der Waals surface area contributed by atoms with Gasteiger partial charge in [-0.05, 0) is 30.5 Å². The van der Waals surface area contributed by atoms with E-state index >= 15 is 0 Å². The highest BCUT2D eigenvalue weighted by atomic mass is 16.3. The molecular weight excluding hydrogens is 188 g/mol. The van der Waals surface area contributed by atoms with Crippen LogP contribution < -0.4 is 0 Å². The van der Waals surface area contributed by atoms with E-state index in [2.05, 4.69) is 4.90 Å². The topological polar surface area (TPSA) is 47.3 Å². The first kappa shape index (κ1) is 10.0. The minimum Gasteiger partial charge on any atom is -0.508 e. The number of benzene rings is 1. The third-order valence-corrected chi connectivity index (χ3v) is 2.80. The Morgan fingerprint density at radius 3 is 2.40 bits per heavy atom. The molecule has 1 heterocycles. The summed E-state index contributed by atoms with van der Waals surface area (Å²) in [5.74, 6) is 0.977. The monoisotopic (exact) mass is 204 g/mol. The Morgan fingerprint density at radius 2 is 1.80 bits per heavy atom. The summed E-state index contributed by atoms with van der Waals surface area (Å²) in [6, 6.07) is 7.10. The molecule has 1 aliphatic rings. The summed E-state index contributed by atoms with van der Waals surface area (Å²) in [7, 11) is 0. The molecule has 0 bridgehead atoms. The van der Waals surface area contributed by atoms with Crippen LogP contribution in [0.15, 0.2) is 24.3 Å². The summed E-state index contributed by atoms with van der Waals surface area (Å²) >= 11 is 0. The Hall–Kier alpha value is -1.51. The van der Waals surface area contributed by atoms with Gasteiger partial charge in [0.05, 0.1) is 0 Å². The maximum atomic E-state index is 9.14. The maximum Gasteiger partial charge on any atom is 0.115 e. The van der Waals surface area contributed by atoms with Crippen LogP contribution in [0.1, 0.15) is 18.4 Å². The molecule has 1 aromatic carbocycles. The van der Waals surface area contributed by atoms with E-state index in [-0.39, 0.29) is 5.75 Å². The van der Waals surface area contributed by atoms with Gasteiger partial charge >= 0.3 is 0 Å². The lowest BCUT2D eigenvalue weighted by Crippen LogP contribution is -2.28. The smallest absolute Gasteiger partial charge is 0.115 e. The Balaban J connectivity index is 1.96. The SMILES string of the molecule is N=C(Cc1ccc(O)cc1)N1CCCC1. The van der Waals surface area contributed by atoms with E-state index in [1.54, 1.807) is 12.1 Å². The third-order valence-electron chi connectivity index (χ3n) is 2.80. The van der Waals surface area contributed by atoms with Crippen molar-refractivity contribution in [2.75, 3.05) is 13.1 Å². The Kier molecular flexibility index (Phi) is 2.90. The lowest BCUT2D eigenvalue weighted by Gasteiger charge is -2.18. The molecule has 1 aliphatic heterocycles. The predicted octanol–water partition coefficient (Wildman–Crippen LogP) is 2.01. The number of amidine groups is 1. The number of rotatable bonds is 2. The predicted molar refractivity (Wildman–Crippen MR) is 60.3 cm³/mol. The number of hydrogen-bond donors (Lipinski definition) is 2. The highest BCUT2D eigenvalue weighted by Crippen LogP contribution is 2.13. The van der Waals surface area contributed by atoms with Crippen LogP contribution in [0.25, 0.3) is 0 Å². The van der Waals surface area contributed by atoms with E-state index in [1.807, 2.05) is 12.1 Å². The van der Waals surface area contributed by atoms with Crippen LogP contribution >= 0.6 is 0 Å². The van der Waals surface area contributed by atoms with Gasteiger partial charge in [-0.3, -0.25) is 5.41 Å². The van der Waals surface area contributed by atoms with Crippen molar-refractivity contribution in [3.8, 4) is 5.75 Å². The number of likely N-dealkylation sites (tertiary alicyclic amines) is 1. The normalized spacial score (nSPS) is 15.6. The highest BCUT2D eigenvalue weighted by molar-refractivity contribution is 5.81. The molecule has 0 spiro atoms. The first-order valence-electron chi connectivity index (χ1n) is 5.36. The minimum absolute atomic E-state index is 0.284. The molecule has 1 saturated heterocycles. The molecule has 15 heavy (non-hydrogen) atoms. The minimum atomic E-state index is 0.284. The fourth-order valence-corrected chi connectivity index (χ4v) is 1.91. The van der Waals surface area contributed by atoms with E-state index in [0.29, 0.717) is 12.3 Å². The number of hydrogen-bond acceptors (Lipinski definition) is 2. The van der Waals surface area contributed by atoms with Crippen LogP contribution in [-0.4, -0.2) is 28.9 Å². The highest BCUT2D eigenvalue weighted by Gasteiger charge is 2.14. The van der Waals surface area contributed by atoms with Crippen molar-refractivity contribution in [2.24, 2.45) is 0 Å². The van der Waals surface area contributed by atoms with Crippen molar-refractivity contribution >= 4 is 5.84 Å². The zero-order valence-electron chi connectivity index (χ0n) is 8.74. The Morgan fingerprint density at radius 1 is 1.20 bits per heavy atom. The molecule has 2 N–H and O–H groups in total. The molecule has 0 aromatic heterocycles. The van der Waals surface area contributed by atoms with Gasteiger partial charge in [0.2, 0.25) is 0 Å². The molecular formula is C12H16N2O. The van der Waals surface area contributed by atoms with Crippen molar-refractivity contribution in [2.45, 2.75) is 19.3 Å². The summed E-state index contributed by atoms with van der Waals surface area (Å²) in [6.45, 7) is 2.05. The van der Waals surface area contributed by atoms with Gasteiger partial charge < -0.3 is 10.0 Å². The molecule has 0 unspecified atom stereocenters. The van der Waals surface area contributed by atoms with Gasteiger partial charge in [0.15, 0.2) is 0 Å². The third kappa shape index (κ3) is 2.49. The van der Waals surface area contributed by atoms with Crippen molar-refractivity contribution in [3.63, 3.8) is 0 Å². The van der Waals surface area contributed by atoms with Gasteiger partial charge in [-0.1, -0.05) is 12.1 Å². The van der Waals surface area contributed by atoms with Crippen molar-refractivity contribution < 1.29 is 5.11 Å². The van der Waals surface area contributed by atoms with Gasteiger partial charge in [0.1, 0.15) is 11.6 Å². The molecule has 1 fully saturated rings. The molecule has 3 heteroatoms. The summed E-state index contributed by atoms with van der Waals surface area (Å²) in [4.78, 5) is 2.13. The van der Waals surface area contributed by atoms with Crippen molar-refractivity contribution in [3.05, 3.63) is 29.8 Å². The molecule has 1 aromatic rings. The molecule has 2 rings (SSSR count). The summed E-state index contributed by atoms with van der Waals surface area (Å²) in [6.07, 6.45) is 3.08. The average molecular weight is 204 g/mol. The standard InChI is InChI=1S/C12H16N2O/c13-12(14-7-1-2-8-14)9-10-3-5-11(15)6-4-10/h3-6,13,15H,1-2,7-9H2. The maximum absolute atomic E-state index is 9.14. The fraction of sp³-hybridized carbons (Fsp3) is 0.417. The second-order valence-electron chi connectivity index (χ2n) is 3.98. The van der Waals surface area contributed by atoms with E-state index in [4.69, 9.17) is 10.5 Å². The van der Waals surface area contributed by atoms with Gasteiger partial charge in [0, 0.05) is 19.5 Å². The number of phenols is 1. The second kappa shape index (κ2) is 4.34. The van der Waals surface area contributed by atoms with Gasteiger partial charge in [-0.15, -0.1) is 0 Å². The van der Waals surface area contributed by atoms with Gasteiger partial charge in [0.25, 0.3) is 0 Å². The van der Waals surface area contributed by atoms with Crippen LogP contribution in [0.5, 0.6) is 5.75 Å². The summed E-state index contributed by atoms with van der Waals surface area (Å²) in [5.41, 5.74) is 1.09. The van der Waals surface area contributed by atoms with Gasteiger partial charge in [-0.25, -0.2) is 0 Å². The quantitative estimate of drug-likeness (QED) is 0.572. The van der Waals surface area contributed by atoms with E-state index < -0.39 is 0 Å². The van der Waals surface area contributed by atoms with Crippen LogP contribution in [0.2, 0.25) is 0 Å². The van der Waals surface area contributed by atoms with Crippen LogP contribution in [0, 0.1) is 5.41 Å². The van der Waals surface area contributed by atoms with Crippen LogP contribution in [-0.2, 0) is 6.42 Å². The second-order valence-corrected chi connectivity index (χ2v) is 3.98. The average Bonchev–Trinajstić information content (AvgIpc) is 2.74. The van der Waals surface area contributed by atoms with Crippen LogP contribution in [0.4, 0.5) is 0 Å². The van der Waals surface area contributed by atoms with Crippen molar-refractivity contribution in [1.82, 2.24) is 4.90 Å². The first-order chi connectivity index (χ1) is 7.25. The Bertz CT molecular complexity index is 339. The van der Waals surface area contributed by atoms with Gasteiger partial charge in [-0.2, -0.15) is 0 Å². The van der Waals surface area contributed by atoms with E-state index in [9.17, 15) is 0 Å². The molecule has 0 saturated carbocycles. The number of nitrogens with one attached hydrogen (secondary N) is 1. The van der Waals surface area contributed by atoms with Crippen LogP contribution in [0.3, 0.4) is 0 Å². The molecule has 0 amide bonds. The van der Waals surface area contributed by atoms with Crippen molar-refractivity contribution in [1.29, 1.82) is 5.41 Å². The molecule has 0 atom stereocenters. The molecule has 0 radical (unpaired) electrons. The zero-order chi connectivity index (χ0) is 10.7. The Labute approximate surface area is 89.9 Å². The summed E-state index contributed by atoms with van der Waals surface area (Å²) < 4.78 is 0. The molecule has 0 aliphatic carbocycles. The lowest BCUT2D eigenvalue weighted by molar-refractivity contribution is 0.475. The molecule has 80 valence electrons. The summed E-state index contributed by atoms with van der Waals surface area (Å²) in [5, 5.41) is 17.1. The lowest BCUT2D eigenvalue weighted by atomic mass is 10.1. The number of aromatic hydroxyl groups is 1. The first-order valence-corrected chi connectivity index (χ1v) is 5.36. The van der Waals surface area contributed by atoms with E-state index in [1.165, 1.54) is 12.8 Å². The largest absolute Gasteiger partial charge is 0.508 e. The molecule has 3 nitrogen and oxygen atoms in total. The number of phenolic OH excluding ortho intramolecular Hbond substituents is 1. The zero-order valence-corrected chi connectivity index (χ0v) is 8.74. The fourth-order valence-electron chi connectivity index (χ4n) is 1.91. The van der Waals surface area contributed by atoms with E-state index in [0.717, 1.165) is 18.7 Å².